The highest BCUT2D eigenvalue weighted by molar-refractivity contribution is 9.10. The van der Waals surface area contributed by atoms with E-state index in [0.717, 1.165) is 10.0 Å². The molecule has 1 rings (SSSR count). The molecule has 0 aliphatic heterocycles. The Bertz CT molecular complexity index is 426. The monoisotopic (exact) mass is 325 g/mol. The molecule has 0 saturated heterocycles. The Kier molecular flexibility index (Phi) is 6.81. The molecule has 1 atom stereocenters. The van der Waals surface area contributed by atoms with Crippen molar-refractivity contribution in [3.8, 4) is 0 Å². The molecule has 0 fully saturated rings. The highest BCUT2D eigenvalue weighted by Gasteiger charge is 2.07. The van der Waals surface area contributed by atoms with Gasteiger partial charge in [-0.25, -0.2) is 0 Å². The number of aliphatic hydroxyl groups is 1. The molecule has 1 aromatic carbocycles. The summed E-state index contributed by atoms with van der Waals surface area (Å²) in [5, 5.41) is 12.3. The fourth-order valence-electron chi connectivity index (χ4n) is 1.65. The minimum Gasteiger partial charge on any atom is -0.391 e. The highest BCUT2D eigenvalue weighted by Crippen LogP contribution is 2.11. The zero-order valence-electron chi connectivity index (χ0n) is 11.3. The minimum atomic E-state index is -0.481. The van der Waals surface area contributed by atoms with Crippen LogP contribution < -0.4 is 5.32 Å². The van der Waals surface area contributed by atoms with Crippen molar-refractivity contribution in [1.82, 2.24) is 5.32 Å². The van der Waals surface area contributed by atoms with Gasteiger partial charge < -0.3 is 10.4 Å². The number of carbonyl (C=O) groups is 1. The van der Waals surface area contributed by atoms with E-state index < -0.39 is 6.10 Å². The van der Waals surface area contributed by atoms with Gasteiger partial charge in [-0.3, -0.25) is 4.79 Å². The predicted molar refractivity (Wildman–Crippen MR) is 81.6 cm³/mol. The van der Waals surface area contributed by atoms with Crippen LogP contribution in [-0.4, -0.2) is 23.7 Å². The lowest BCUT2D eigenvalue weighted by Crippen LogP contribution is -2.31. The first-order valence-corrected chi connectivity index (χ1v) is 7.16. The normalized spacial score (nSPS) is 12.9. The zero-order valence-corrected chi connectivity index (χ0v) is 12.9. The summed E-state index contributed by atoms with van der Waals surface area (Å²) in [6.07, 6.45) is 3.43. The molecule has 0 aliphatic rings. The third-order valence-electron chi connectivity index (χ3n) is 2.55. The van der Waals surface area contributed by atoms with Gasteiger partial charge in [-0.15, -0.1) is 0 Å². The maximum atomic E-state index is 11.6. The molecule has 104 valence electrons. The predicted octanol–water partition coefficient (Wildman–Crippen LogP) is 2.99. The summed E-state index contributed by atoms with van der Waals surface area (Å²) in [4.78, 5) is 11.6. The number of carbonyl (C=O) groups excluding carboxylic acids is 1. The van der Waals surface area contributed by atoms with Crippen molar-refractivity contribution in [2.45, 2.75) is 26.4 Å². The number of hydrogen-bond acceptors (Lipinski definition) is 2. The smallest absolute Gasteiger partial charge is 0.244 e. The molecule has 1 amide bonds. The van der Waals surface area contributed by atoms with Crippen molar-refractivity contribution < 1.29 is 9.90 Å². The van der Waals surface area contributed by atoms with Crippen LogP contribution in [0.2, 0.25) is 0 Å². The summed E-state index contributed by atoms with van der Waals surface area (Å²) in [5.74, 6) is 0.232. The molecule has 0 spiro atoms. The maximum Gasteiger partial charge on any atom is 0.244 e. The number of rotatable bonds is 6. The van der Waals surface area contributed by atoms with E-state index in [1.807, 2.05) is 38.1 Å². The van der Waals surface area contributed by atoms with Crippen molar-refractivity contribution in [2.24, 2.45) is 5.92 Å². The Morgan fingerprint density at radius 1 is 1.37 bits per heavy atom. The van der Waals surface area contributed by atoms with Crippen LogP contribution in [0.5, 0.6) is 0 Å². The number of benzene rings is 1. The van der Waals surface area contributed by atoms with Gasteiger partial charge in [-0.2, -0.15) is 0 Å². The molecule has 2 N–H and O–H groups in total. The van der Waals surface area contributed by atoms with E-state index in [2.05, 4.69) is 21.2 Å². The van der Waals surface area contributed by atoms with Crippen LogP contribution >= 0.6 is 15.9 Å². The Morgan fingerprint density at radius 3 is 2.58 bits per heavy atom. The van der Waals surface area contributed by atoms with Gasteiger partial charge in [0.1, 0.15) is 0 Å². The van der Waals surface area contributed by atoms with Crippen molar-refractivity contribution >= 4 is 27.9 Å². The van der Waals surface area contributed by atoms with Crippen LogP contribution in [0, 0.1) is 5.92 Å². The number of hydrogen-bond donors (Lipinski definition) is 2. The molecule has 1 aromatic rings. The lowest BCUT2D eigenvalue weighted by Gasteiger charge is -2.12. The lowest BCUT2D eigenvalue weighted by atomic mass is 10.1. The van der Waals surface area contributed by atoms with Gasteiger partial charge in [-0.05, 0) is 36.1 Å². The Hall–Kier alpha value is -1.13. The minimum absolute atomic E-state index is 0.189. The molecule has 0 aromatic heterocycles. The first kappa shape index (κ1) is 15.9. The van der Waals surface area contributed by atoms with E-state index in [-0.39, 0.29) is 5.91 Å². The number of nitrogens with one attached hydrogen (secondary N) is 1. The summed E-state index contributed by atoms with van der Waals surface area (Å²) >= 11 is 3.35. The van der Waals surface area contributed by atoms with E-state index in [9.17, 15) is 9.90 Å². The quantitative estimate of drug-likeness (QED) is 0.790. The van der Waals surface area contributed by atoms with Crippen molar-refractivity contribution in [3.63, 3.8) is 0 Å². The number of halogens is 1. The first-order valence-electron chi connectivity index (χ1n) is 6.37. The molecular formula is C15H20BrNO2. The van der Waals surface area contributed by atoms with Gasteiger partial charge in [-0.1, -0.05) is 41.9 Å². The Balaban J connectivity index is 2.36. The molecule has 1 unspecified atom stereocenters. The van der Waals surface area contributed by atoms with Crippen LogP contribution in [0.4, 0.5) is 0 Å². The summed E-state index contributed by atoms with van der Waals surface area (Å²) in [6, 6.07) is 7.68. The molecule has 0 aliphatic carbocycles. The zero-order chi connectivity index (χ0) is 14.3. The van der Waals surface area contributed by atoms with Gasteiger partial charge >= 0.3 is 0 Å². The highest BCUT2D eigenvalue weighted by atomic mass is 79.9. The Labute approximate surface area is 122 Å². The standard InChI is InChI=1S/C15H20BrNO2/c1-11(2)9-14(18)10-17-15(19)8-5-12-3-6-13(16)7-4-12/h3-8,11,14,18H,9-10H2,1-2H3,(H,17,19)/b8-5+. The van der Waals surface area contributed by atoms with Gasteiger partial charge in [0, 0.05) is 17.1 Å². The summed E-state index contributed by atoms with van der Waals surface area (Å²) in [5.41, 5.74) is 0.959. The second-order valence-corrected chi connectivity index (χ2v) is 5.83. The molecule has 19 heavy (non-hydrogen) atoms. The molecule has 0 heterocycles. The fraction of sp³-hybridized carbons (Fsp3) is 0.400. The Morgan fingerprint density at radius 2 is 2.00 bits per heavy atom. The fourth-order valence-corrected chi connectivity index (χ4v) is 1.91. The van der Waals surface area contributed by atoms with Crippen molar-refractivity contribution in [3.05, 3.63) is 40.4 Å². The van der Waals surface area contributed by atoms with Gasteiger partial charge in [0.2, 0.25) is 5.91 Å². The second-order valence-electron chi connectivity index (χ2n) is 4.91. The van der Waals surface area contributed by atoms with Crippen LogP contribution in [0.1, 0.15) is 25.8 Å². The summed E-state index contributed by atoms with van der Waals surface area (Å²) < 4.78 is 1.01. The van der Waals surface area contributed by atoms with Crippen LogP contribution in [0.3, 0.4) is 0 Å². The third kappa shape index (κ3) is 7.13. The molecular weight excluding hydrogens is 306 g/mol. The summed E-state index contributed by atoms with van der Waals surface area (Å²) in [7, 11) is 0. The van der Waals surface area contributed by atoms with Crippen LogP contribution in [-0.2, 0) is 4.79 Å². The number of aliphatic hydroxyl groups excluding tert-OH is 1. The van der Waals surface area contributed by atoms with Crippen molar-refractivity contribution in [1.29, 1.82) is 0 Å². The van der Waals surface area contributed by atoms with Gasteiger partial charge in [0.15, 0.2) is 0 Å². The van der Waals surface area contributed by atoms with E-state index >= 15 is 0 Å². The van der Waals surface area contributed by atoms with Gasteiger partial charge in [0.25, 0.3) is 0 Å². The average Bonchev–Trinajstić information content (AvgIpc) is 2.35. The maximum absolute atomic E-state index is 11.6. The average molecular weight is 326 g/mol. The SMILES string of the molecule is CC(C)CC(O)CNC(=O)/C=C/c1ccc(Br)cc1. The first-order chi connectivity index (χ1) is 8.97. The molecule has 0 bridgehead atoms. The lowest BCUT2D eigenvalue weighted by molar-refractivity contribution is -0.116. The summed E-state index contributed by atoms with van der Waals surface area (Å²) in [6.45, 7) is 4.37. The topological polar surface area (TPSA) is 49.3 Å². The number of amides is 1. The molecule has 0 saturated carbocycles. The van der Waals surface area contributed by atoms with E-state index in [1.54, 1.807) is 6.08 Å². The second kappa shape index (κ2) is 8.12. The van der Waals surface area contributed by atoms with Crippen molar-refractivity contribution in [2.75, 3.05) is 6.54 Å². The van der Waals surface area contributed by atoms with Crippen LogP contribution in [0.25, 0.3) is 6.08 Å². The molecule has 0 radical (unpaired) electrons. The van der Waals surface area contributed by atoms with Crippen LogP contribution in [0.15, 0.2) is 34.8 Å². The van der Waals surface area contributed by atoms with E-state index in [1.165, 1.54) is 6.08 Å². The van der Waals surface area contributed by atoms with Gasteiger partial charge in [0.05, 0.1) is 6.10 Å². The van der Waals surface area contributed by atoms with E-state index in [4.69, 9.17) is 0 Å². The largest absolute Gasteiger partial charge is 0.391 e. The third-order valence-corrected chi connectivity index (χ3v) is 3.08. The molecule has 3 nitrogen and oxygen atoms in total. The molecule has 4 heteroatoms. The van der Waals surface area contributed by atoms with E-state index in [0.29, 0.717) is 18.9 Å².